The Kier molecular flexibility index (Phi) is 7.12. The van der Waals surface area contributed by atoms with Crippen LogP contribution in [0.25, 0.3) is 0 Å². The van der Waals surface area contributed by atoms with Crippen molar-refractivity contribution >= 4 is 27.5 Å². The van der Waals surface area contributed by atoms with Crippen molar-refractivity contribution in [1.29, 1.82) is 0 Å². The van der Waals surface area contributed by atoms with Crippen LogP contribution >= 0.6 is 0 Å². The molecule has 31 heavy (non-hydrogen) atoms. The van der Waals surface area contributed by atoms with Crippen molar-refractivity contribution in [3.05, 3.63) is 65.2 Å². The largest absolute Gasteiger partial charge is 0.355 e. The van der Waals surface area contributed by atoms with Gasteiger partial charge in [0.2, 0.25) is 10.0 Å². The zero-order valence-corrected chi connectivity index (χ0v) is 18.8. The fourth-order valence-electron chi connectivity index (χ4n) is 3.78. The first-order chi connectivity index (χ1) is 14.7. The van der Waals surface area contributed by atoms with Gasteiger partial charge in [0.15, 0.2) is 0 Å². The standard InChI is InChI=1S/C23H29N3O4S/c1-15(2)31(29,30)26-21-6-4-5-20(21)16-11-13-19(14-12-16)25-23(28)18-9-7-17(8-10-18)22(27)24-3/h7-15,20-21,26H,4-6H2,1-3H3,(H,24,27)(H,25,28). The van der Waals surface area contributed by atoms with E-state index in [9.17, 15) is 18.0 Å². The minimum absolute atomic E-state index is 0.105. The number of hydrogen-bond donors (Lipinski definition) is 3. The molecule has 3 rings (SSSR count). The van der Waals surface area contributed by atoms with Gasteiger partial charge in [-0.15, -0.1) is 0 Å². The third-order valence-electron chi connectivity index (χ3n) is 5.69. The summed E-state index contributed by atoms with van der Waals surface area (Å²) in [6.07, 6.45) is 2.72. The van der Waals surface area contributed by atoms with Crippen molar-refractivity contribution in [3.63, 3.8) is 0 Å². The molecular formula is C23H29N3O4S. The molecule has 166 valence electrons. The molecule has 1 aliphatic carbocycles. The summed E-state index contributed by atoms with van der Waals surface area (Å²) in [7, 11) is -1.76. The van der Waals surface area contributed by atoms with E-state index in [0.717, 1.165) is 24.8 Å². The van der Waals surface area contributed by atoms with E-state index in [2.05, 4.69) is 15.4 Å². The lowest BCUT2D eigenvalue weighted by molar-refractivity contribution is 0.0961. The summed E-state index contributed by atoms with van der Waals surface area (Å²) in [4.78, 5) is 24.1. The lowest BCUT2D eigenvalue weighted by Gasteiger charge is -2.23. The quantitative estimate of drug-likeness (QED) is 0.611. The number of anilines is 1. The smallest absolute Gasteiger partial charge is 0.255 e. The molecule has 3 N–H and O–H groups in total. The summed E-state index contributed by atoms with van der Waals surface area (Å²) in [6.45, 7) is 3.35. The van der Waals surface area contributed by atoms with Gasteiger partial charge in [-0.3, -0.25) is 9.59 Å². The van der Waals surface area contributed by atoms with Crippen LogP contribution in [0.4, 0.5) is 5.69 Å². The van der Waals surface area contributed by atoms with Crippen LogP contribution in [-0.2, 0) is 10.0 Å². The highest BCUT2D eigenvalue weighted by Crippen LogP contribution is 2.35. The normalized spacial score (nSPS) is 18.7. The molecule has 0 saturated heterocycles. The van der Waals surface area contributed by atoms with E-state index >= 15 is 0 Å². The van der Waals surface area contributed by atoms with Gasteiger partial charge >= 0.3 is 0 Å². The fraction of sp³-hybridized carbons (Fsp3) is 0.391. The van der Waals surface area contributed by atoms with E-state index in [1.165, 1.54) is 0 Å². The van der Waals surface area contributed by atoms with E-state index in [-0.39, 0.29) is 23.8 Å². The second kappa shape index (κ2) is 9.62. The molecule has 2 aromatic carbocycles. The molecule has 7 nitrogen and oxygen atoms in total. The average molecular weight is 444 g/mol. The number of carbonyl (C=O) groups excluding carboxylic acids is 2. The van der Waals surface area contributed by atoms with Crippen molar-refractivity contribution in [2.45, 2.75) is 50.3 Å². The van der Waals surface area contributed by atoms with Gasteiger partial charge in [0.1, 0.15) is 0 Å². The second-order valence-electron chi connectivity index (χ2n) is 8.09. The molecule has 1 fully saturated rings. The molecular weight excluding hydrogens is 414 g/mol. The first kappa shape index (κ1) is 23.0. The average Bonchev–Trinajstić information content (AvgIpc) is 3.21. The van der Waals surface area contributed by atoms with Gasteiger partial charge in [0.05, 0.1) is 5.25 Å². The number of rotatable bonds is 7. The molecule has 2 amide bonds. The number of nitrogens with one attached hydrogen (secondary N) is 3. The van der Waals surface area contributed by atoms with E-state index in [4.69, 9.17) is 0 Å². The Morgan fingerprint density at radius 3 is 2.03 bits per heavy atom. The maximum atomic E-state index is 12.5. The van der Waals surface area contributed by atoms with Crippen LogP contribution in [0.3, 0.4) is 0 Å². The van der Waals surface area contributed by atoms with Crippen molar-refractivity contribution in [3.8, 4) is 0 Å². The van der Waals surface area contributed by atoms with Crippen molar-refractivity contribution in [2.24, 2.45) is 0 Å². The van der Waals surface area contributed by atoms with Crippen LogP contribution in [0.2, 0.25) is 0 Å². The Bertz CT molecular complexity index is 1030. The van der Waals surface area contributed by atoms with Crippen LogP contribution in [0.1, 0.15) is 65.3 Å². The number of amides is 2. The van der Waals surface area contributed by atoms with E-state index < -0.39 is 15.3 Å². The lowest BCUT2D eigenvalue weighted by atomic mass is 9.94. The first-order valence-corrected chi connectivity index (χ1v) is 12.0. The summed E-state index contributed by atoms with van der Waals surface area (Å²) in [5.41, 5.74) is 2.65. The maximum absolute atomic E-state index is 12.5. The molecule has 0 heterocycles. The Morgan fingerprint density at radius 2 is 1.48 bits per heavy atom. The first-order valence-electron chi connectivity index (χ1n) is 10.5. The summed E-state index contributed by atoms with van der Waals surface area (Å²) in [5.74, 6) is -0.348. The molecule has 0 radical (unpaired) electrons. The van der Waals surface area contributed by atoms with Gasteiger partial charge < -0.3 is 10.6 Å². The Balaban J connectivity index is 1.66. The number of carbonyl (C=O) groups is 2. The molecule has 1 aliphatic rings. The van der Waals surface area contributed by atoms with E-state index in [1.807, 2.05) is 24.3 Å². The summed E-state index contributed by atoms with van der Waals surface area (Å²) >= 11 is 0. The second-order valence-corrected chi connectivity index (χ2v) is 10.4. The highest BCUT2D eigenvalue weighted by Gasteiger charge is 2.32. The molecule has 1 saturated carbocycles. The monoisotopic (exact) mass is 443 g/mol. The lowest BCUT2D eigenvalue weighted by Crippen LogP contribution is -2.40. The minimum atomic E-state index is -3.32. The van der Waals surface area contributed by atoms with Crippen LogP contribution in [0, 0.1) is 0 Å². The third kappa shape index (κ3) is 5.51. The molecule has 2 aromatic rings. The third-order valence-corrected chi connectivity index (χ3v) is 7.56. The predicted octanol–water partition coefficient (Wildman–Crippen LogP) is 3.26. The van der Waals surface area contributed by atoms with Gasteiger partial charge in [-0.1, -0.05) is 18.6 Å². The molecule has 2 atom stereocenters. The van der Waals surface area contributed by atoms with Crippen LogP contribution < -0.4 is 15.4 Å². The SMILES string of the molecule is CNC(=O)c1ccc(C(=O)Nc2ccc(C3CCCC3NS(=O)(=O)C(C)C)cc2)cc1. The molecule has 2 unspecified atom stereocenters. The molecule has 0 aromatic heterocycles. The van der Waals surface area contributed by atoms with Gasteiger partial charge in [-0.2, -0.15) is 0 Å². The van der Waals surface area contributed by atoms with Gasteiger partial charge in [0.25, 0.3) is 11.8 Å². The Morgan fingerprint density at radius 1 is 0.903 bits per heavy atom. The van der Waals surface area contributed by atoms with Gasteiger partial charge in [-0.05, 0) is 68.7 Å². The summed E-state index contributed by atoms with van der Waals surface area (Å²) in [6, 6.07) is 13.9. The van der Waals surface area contributed by atoms with Crippen molar-refractivity contribution in [2.75, 3.05) is 12.4 Å². The predicted molar refractivity (Wildman–Crippen MR) is 122 cm³/mol. The van der Waals surface area contributed by atoms with Crippen molar-refractivity contribution in [1.82, 2.24) is 10.0 Å². The summed E-state index contributed by atoms with van der Waals surface area (Å²) < 4.78 is 27.4. The van der Waals surface area contributed by atoms with Gasteiger partial charge in [0, 0.05) is 35.8 Å². The highest BCUT2D eigenvalue weighted by molar-refractivity contribution is 7.90. The van der Waals surface area contributed by atoms with Crippen LogP contribution in [0.15, 0.2) is 48.5 Å². The Labute approximate surface area is 183 Å². The highest BCUT2D eigenvalue weighted by atomic mass is 32.2. The Hall–Kier alpha value is -2.71. The fourth-order valence-corrected chi connectivity index (χ4v) is 4.76. The van der Waals surface area contributed by atoms with Gasteiger partial charge in [-0.25, -0.2) is 13.1 Å². The van der Waals surface area contributed by atoms with E-state index in [0.29, 0.717) is 16.8 Å². The zero-order valence-electron chi connectivity index (χ0n) is 18.0. The number of benzene rings is 2. The van der Waals surface area contributed by atoms with E-state index in [1.54, 1.807) is 45.2 Å². The van der Waals surface area contributed by atoms with Crippen LogP contribution in [-0.4, -0.2) is 38.6 Å². The topological polar surface area (TPSA) is 104 Å². The number of hydrogen-bond acceptors (Lipinski definition) is 4. The molecule has 0 bridgehead atoms. The molecule has 0 spiro atoms. The molecule has 0 aliphatic heterocycles. The zero-order chi connectivity index (χ0) is 22.6. The minimum Gasteiger partial charge on any atom is -0.355 e. The maximum Gasteiger partial charge on any atom is 0.255 e. The summed E-state index contributed by atoms with van der Waals surface area (Å²) in [5, 5.41) is 4.93. The number of sulfonamides is 1. The van der Waals surface area contributed by atoms with Crippen LogP contribution in [0.5, 0.6) is 0 Å². The molecule has 8 heteroatoms. The van der Waals surface area contributed by atoms with Crippen molar-refractivity contribution < 1.29 is 18.0 Å².